The number of amides is 1. The molecule has 0 saturated carbocycles. The number of rotatable bonds is 3. The van der Waals surface area contributed by atoms with E-state index in [4.69, 9.17) is 5.84 Å². The number of hydrogen-bond acceptors (Lipinski definition) is 6. The first-order valence-electron chi connectivity index (χ1n) is 8.34. The zero-order valence-corrected chi connectivity index (χ0v) is 15.0. The molecule has 2 N–H and O–H groups in total. The van der Waals surface area contributed by atoms with E-state index in [9.17, 15) is 9.59 Å². The van der Waals surface area contributed by atoms with Gasteiger partial charge in [-0.2, -0.15) is 0 Å². The Hall–Kier alpha value is -2.93. The Kier molecular flexibility index (Phi) is 4.65. The molecule has 0 bridgehead atoms. The van der Waals surface area contributed by atoms with Gasteiger partial charge in [-0.3, -0.25) is 24.5 Å². The molecule has 0 fully saturated rings. The smallest absolute Gasteiger partial charge is 0.266 e. The average Bonchev–Trinajstić information content (AvgIpc) is 2.72. The summed E-state index contributed by atoms with van der Waals surface area (Å²) in [6, 6.07) is 6.29. The van der Waals surface area contributed by atoms with Gasteiger partial charge in [0.2, 0.25) is 0 Å². The molecule has 26 heavy (non-hydrogen) atoms. The maximum atomic E-state index is 12.9. The molecule has 1 aliphatic rings. The van der Waals surface area contributed by atoms with Crippen molar-refractivity contribution in [3.8, 4) is 0 Å². The van der Waals surface area contributed by atoms with Gasteiger partial charge < -0.3 is 0 Å². The predicted octanol–water partition coefficient (Wildman–Crippen LogP) is 1.91. The van der Waals surface area contributed by atoms with Gasteiger partial charge in [-0.05, 0) is 6.07 Å². The number of nitrogens with zero attached hydrogens (tertiary/aromatic N) is 4. The summed E-state index contributed by atoms with van der Waals surface area (Å²) in [6.45, 7) is 5.45. The van der Waals surface area contributed by atoms with Gasteiger partial charge in [-0.25, -0.2) is 10.9 Å². The zero-order valence-electron chi connectivity index (χ0n) is 15.0. The second kappa shape index (κ2) is 6.76. The first kappa shape index (κ1) is 17.9. The summed E-state index contributed by atoms with van der Waals surface area (Å²) in [6.07, 6.45) is 4.68. The van der Waals surface area contributed by atoms with Crippen LogP contribution in [0, 0.1) is 5.41 Å². The molecule has 3 rings (SSSR count). The van der Waals surface area contributed by atoms with E-state index in [1.54, 1.807) is 30.7 Å². The van der Waals surface area contributed by atoms with Gasteiger partial charge in [0.25, 0.3) is 5.91 Å². The second-order valence-corrected chi connectivity index (χ2v) is 7.19. The average molecular weight is 351 g/mol. The third-order valence-electron chi connectivity index (χ3n) is 4.25. The number of hydrazine groups is 1. The van der Waals surface area contributed by atoms with Gasteiger partial charge in [0.05, 0.1) is 17.6 Å². The van der Waals surface area contributed by atoms with Crippen LogP contribution in [0.5, 0.6) is 0 Å². The van der Waals surface area contributed by atoms with E-state index < -0.39 is 17.4 Å². The second-order valence-electron chi connectivity index (χ2n) is 7.19. The van der Waals surface area contributed by atoms with Crippen molar-refractivity contribution in [1.82, 2.24) is 9.97 Å². The molecule has 0 spiro atoms. The van der Waals surface area contributed by atoms with Crippen LogP contribution in [0.2, 0.25) is 0 Å². The first-order chi connectivity index (χ1) is 12.3. The van der Waals surface area contributed by atoms with Crippen molar-refractivity contribution in [2.45, 2.75) is 33.2 Å². The van der Waals surface area contributed by atoms with E-state index >= 15 is 0 Å². The lowest BCUT2D eigenvalue weighted by Gasteiger charge is -2.22. The molecule has 1 unspecified atom stereocenters. The molecule has 0 saturated heterocycles. The van der Waals surface area contributed by atoms with Crippen LogP contribution in [0.3, 0.4) is 0 Å². The quantitative estimate of drug-likeness (QED) is 0.672. The van der Waals surface area contributed by atoms with Crippen molar-refractivity contribution in [1.29, 1.82) is 0 Å². The van der Waals surface area contributed by atoms with Gasteiger partial charge in [-0.1, -0.05) is 39.0 Å². The highest BCUT2D eigenvalue weighted by Crippen LogP contribution is 2.28. The fourth-order valence-electron chi connectivity index (χ4n) is 2.68. The van der Waals surface area contributed by atoms with Crippen LogP contribution in [-0.2, 0) is 9.59 Å². The number of aliphatic imine (C=N–C) groups is 1. The van der Waals surface area contributed by atoms with Crippen molar-refractivity contribution in [2.24, 2.45) is 16.3 Å². The molecule has 0 aliphatic carbocycles. The van der Waals surface area contributed by atoms with Gasteiger partial charge >= 0.3 is 0 Å². The Morgan fingerprint density at radius 3 is 2.62 bits per heavy atom. The summed E-state index contributed by atoms with van der Waals surface area (Å²) in [5.74, 6) is 5.59. The van der Waals surface area contributed by atoms with Crippen molar-refractivity contribution < 1.29 is 9.59 Å². The largest absolute Gasteiger partial charge is 0.299 e. The van der Waals surface area contributed by atoms with Gasteiger partial charge in [0.1, 0.15) is 17.5 Å². The van der Waals surface area contributed by atoms with Gasteiger partial charge in [0.15, 0.2) is 0 Å². The maximum Gasteiger partial charge on any atom is 0.266 e. The highest BCUT2D eigenvalue weighted by atomic mass is 16.2. The molecule has 7 nitrogen and oxygen atoms in total. The minimum atomic E-state index is -0.906. The molecule has 2 aromatic rings. The van der Waals surface area contributed by atoms with E-state index in [-0.39, 0.29) is 12.2 Å². The topological polar surface area (TPSA) is 102 Å². The van der Waals surface area contributed by atoms with Crippen molar-refractivity contribution in [3.05, 3.63) is 54.1 Å². The lowest BCUT2D eigenvalue weighted by molar-refractivity contribution is -0.129. The number of fused-ring (bicyclic) bond motifs is 1. The normalized spacial score (nSPS) is 17.4. The van der Waals surface area contributed by atoms with E-state index in [1.165, 1.54) is 0 Å². The fraction of sp³-hybridized carbons (Fsp3) is 0.316. The number of aromatic nitrogens is 2. The van der Waals surface area contributed by atoms with E-state index in [2.05, 4.69) is 15.0 Å². The molecule has 7 heteroatoms. The number of ketones is 1. The number of hydrogen-bond donors (Lipinski definition) is 1. The molecule has 1 amide bonds. The Balaban J connectivity index is 2.13. The van der Waals surface area contributed by atoms with Crippen molar-refractivity contribution in [2.75, 3.05) is 5.01 Å². The predicted molar refractivity (Wildman–Crippen MR) is 98.7 cm³/mol. The highest BCUT2D eigenvalue weighted by Gasteiger charge is 2.34. The number of Topliss-reactive ketones (excluding diaryl/α,β-unsaturated/α-hetero) is 1. The molecular weight excluding hydrogens is 330 g/mol. The molecule has 1 atom stereocenters. The van der Waals surface area contributed by atoms with Gasteiger partial charge in [0, 0.05) is 29.8 Å². The number of para-hydroxylation sites is 1. The minimum Gasteiger partial charge on any atom is -0.299 e. The number of carbonyl (C=O) groups is 2. The molecule has 1 aromatic heterocycles. The van der Waals surface area contributed by atoms with Crippen LogP contribution in [0.1, 0.15) is 38.4 Å². The molecular formula is C19H21N5O2. The van der Waals surface area contributed by atoms with E-state index in [1.807, 2.05) is 32.9 Å². The summed E-state index contributed by atoms with van der Waals surface area (Å²) in [7, 11) is 0. The molecule has 2 heterocycles. The van der Waals surface area contributed by atoms with E-state index in [0.29, 0.717) is 22.7 Å². The molecule has 1 aromatic carbocycles. The number of benzene rings is 1. The summed E-state index contributed by atoms with van der Waals surface area (Å²) in [4.78, 5) is 38.3. The SMILES string of the molecule is CC(C)(C)C(=O)CC1N=C(c2cnccn2)c2ccccc2N(N)C1=O. The van der Waals surface area contributed by atoms with Crippen LogP contribution in [0.25, 0.3) is 0 Å². The fourth-order valence-corrected chi connectivity index (χ4v) is 2.68. The number of nitrogens with two attached hydrogens (primary N) is 1. The third-order valence-corrected chi connectivity index (χ3v) is 4.25. The van der Waals surface area contributed by atoms with Crippen molar-refractivity contribution in [3.63, 3.8) is 0 Å². The molecule has 1 aliphatic heterocycles. The van der Waals surface area contributed by atoms with Crippen LogP contribution in [-0.4, -0.2) is 33.4 Å². The van der Waals surface area contributed by atoms with Crippen molar-refractivity contribution >= 4 is 23.1 Å². The summed E-state index contributed by atoms with van der Waals surface area (Å²) < 4.78 is 0. The lowest BCUT2D eigenvalue weighted by Crippen LogP contribution is -2.44. The summed E-state index contributed by atoms with van der Waals surface area (Å²) >= 11 is 0. The van der Waals surface area contributed by atoms with E-state index in [0.717, 1.165) is 5.01 Å². The third kappa shape index (κ3) is 3.39. The zero-order chi connectivity index (χ0) is 18.9. The maximum absolute atomic E-state index is 12.9. The monoisotopic (exact) mass is 351 g/mol. The Morgan fingerprint density at radius 2 is 1.96 bits per heavy atom. The molecule has 134 valence electrons. The minimum absolute atomic E-state index is 0.0201. The first-order valence-corrected chi connectivity index (χ1v) is 8.34. The molecule has 0 radical (unpaired) electrons. The highest BCUT2D eigenvalue weighted by molar-refractivity contribution is 6.19. The lowest BCUT2D eigenvalue weighted by atomic mass is 9.87. The standard InChI is InChI=1S/C19H21N5O2/c1-19(2,3)16(25)10-13-18(26)24(20)15-7-5-4-6-12(15)17(23-13)14-11-21-8-9-22-14/h4-9,11,13H,10,20H2,1-3H3. The van der Waals surface area contributed by atoms with Gasteiger partial charge in [-0.15, -0.1) is 0 Å². The Labute approximate surface area is 151 Å². The van der Waals surface area contributed by atoms with Crippen LogP contribution in [0.4, 0.5) is 5.69 Å². The summed E-state index contributed by atoms with van der Waals surface area (Å²) in [5, 5.41) is 1.07. The Bertz CT molecular complexity index is 871. The number of carbonyl (C=O) groups excluding carboxylic acids is 2. The number of anilines is 1. The van der Waals surface area contributed by atoms with Crippen LogP contribution >= 0.6 is 0 Å². The summed E-state index contributed by atoms with van der Waals surface area (Å²) in [5.41, 5.74) is 1.65. The number of benzodiazepines with no additional fused rings is 1. The Morgan fingerprint density at radius 1 is 1.23 bits per heavy atom. The van der Waals surface area contributed by atoms with Crippen LogP contribution in [0.15, 0.2) is 47.8 Å². The van der Waals surface area contributed by atoms with Crippen LogP contribution < -0.4 is 10.9 Å².